The summed E-state index contributed by atoms with van der Waals surface area (Å²) in [6.07, 6.45) is 2.81. The van der Waals surface area contributed by atoms with Crippen molar-refractivity contribution in [2.45, 2.75) is 38.8 Å². The summed E-state index contributed by atoms with van der Waals surface area (Å²) in [4.78, 5) is 0. The van der Waals surface area contributed by atoms with Gasteiger partial charge in [0.25, 0.3) is 0 Å². The largest absolute Gasteiger partial charge is 0.378 e. The first kappa shape index (κ1) is 8.02. The molecule has 0 aromatic rings. The van der Waals surface area contributed by atoms with Crippen molar-refractivity contribution in [3.05, 3.63) is 0 Å². The van der Waals surface area contributed by atoms with E-state index in [1.54, 1.807) is 0 Å². The first-order valence-electron chi connectivity index (χ1n) is 4.18. The molecule has 0 spiro atoms. The lowest BCUT2D eigenvalue weighted by Gasteiger charge is -2.27. The molecule has 0 bridgehead atoms. The molecule has 1 N–H and O–H groups in total. The van der Waals surface area contributed by atoms with Crippen molar-refractivity contribution < 1.29 is 4.74 Å². The molecule has 1 saturated heterocycles. The molecule has 60 valence electrons. The van der Waals surface area contributed by atoms with Crippen LogP contribution >= 0.6 is 0 Å². The second-order valence-corrected chi connectivity index (χ2v) is 2.96. The van der Waals surface area contributed by atoms with Gasteiger partial charge < -0.3 is 10.1 Å². The van der Waals surface area contributed by atoms with E-state index >= 15 is 0 Å². The van der Waals surface area contributed by atoms with Crippen LogP contribution in [0.25, 0.3) is 0 Å². The van der Waals surface area contributed by atoms with Gasteiger partial charge in [0.1, 0.15) is 0 Å². The molecule has 2 heteroatoms. The molecule has 2 nitrogen and oxygen atoms in total. The van der Waals surface area contributed by atoms with Crippen LogP contribution in [-0.4, -0.2) is 25.3 Å². The van der Waals surface area contributed by atoms with Crippen molar-refractivity contribution >= 4 is 0 Å². The first-order valence-corrected chi connectivity index (χ1v) is 4.18. The maximum atomic E-state index is 5.41. The number of nitrogens with one attached hydrogen (secondary N) is 1. The molecule has 10 heavy (non-hydrogen) atoms. The third-order valence-corrected chi connectivity index (χ3v) is 1.98. The number of rotatable bonds is 2. The summed E-state index contributed by atoms with van der Waals surface area (Å²) >= 11 is 0. The fraction of sp³-hybridized carbons (Fsp3) is 1.00. The van der Waals surface area contributed by atoms with Crippen LogP contribution in [0.5, 0.6) is 0 Å². The van der Waals surface area contributed by atoms with Crippen molar-refractivity contribution in [3.8, 4) is 0 Å². The molecule has 0 saturated carbocycles. The highest BCUT2D eigenvalue weighted by Gasteiger charge is 2.17. The standard InChI is InChI=1S/C8H17NO/c1-3-9-8-4-5-10-7(2)6-8/h7-9H,3-6H2,1-2H3. The van der Waals surface area contributed by atoms with Gasteiger partial charge in [-0.2, -0.15) is 0 Å². The van der Waals surface area contributed by atoms with Gasteiger partial charge in [0, 0.05) is 12.6 Å². The Balaban J connectivity index is 2.18. The maximum Gasteiger partial charge on any atom is 0.0561 e. The zero-order valence-corrected chi connectivity index (χ0v) is 6.89. The molecule has 0 aromatic carbocycles. The Bertz CT molecular complexity index is 93.3. The van der Waals surface area contributed by atoms with Crippen LogP contribution in [0.4, 0.5) is 0 Å². The highest BCUT2D eigenvalue weighted by Crippen LogP contribution is 2.12. The topological polar surface area (TPSA) is 21.3 Å². The van der Waals surface area contributed by atoms with Crippen LogP contribution in [0.1, 0.15) is 26.7 Å². The molecule has 0 aromatic heterocycles. The Labute approximate surface area is 63.0 Å². The van der Waals surface area contributed by atoms with Crippen LogP contribution in [0.2, 0.25) is 0 Å². The summed E-state index contributed by atoms with van der Waals surface area (Å²) < 4.78 is 5.41. The summed E-state index contributed by atoms with van der Waals surface area (Å²) in [5.41, 5.74) is 0. The Morgan fingerprint density at radius 2 is 2.40 bits per heavy atom. The summed E-state index contributed by atoms with van der Waals surface area (Å²) in [5, 5.41) is 3.43. The highest BCUT2D eigenvalue weighted by molar-refractivity contribution is 4.73. The summed E-state index contributed by atoms with van der Waals surface area (Å²) in [7, 11) is 0. The third-order valence-electron chi connectivity index (χ3n) is 1.98. The first-order chi connectivity index (χ1) is 4.83. The zero-order valence-electron chi connectivity index (χ0n) is 6.89. The van der Waals surface area contributed by atoms with Gasteiger partial charge in [-0.25, -0.2) is 0 Å². The molecule has 2 atom stereocenters. The van der Waals surface area contributed by atoms with E-state index in [0.29, 0.717) is 12.1 Å². The number of ether oxygens (including phenoxy) is 1. The van der Waals surface area contributed by atoms with Gasteiger partial charge in [0.05, 0.1) is 6.10 Å². The number of hydrogen-bond acceptors (Lipinski definition) is 2. The van der Waals surface area contributed by atoms with Gasteiger partial charge in [-0.3, -0.25) is 0 Å². The maximum absolute atomic E-state index is 5.41. The predicted octanol–water partition coefficient (Wildman–Crippen LogP) is 1.16. The summed E-state index contributed by atoms with van der Waals surface area (Å²) in [6, 6.07) is 0.703. The quantitative estimate of drug-likeness (QED) is 0.626. The van der Waals surface area contributed by atoms with Crippen molar-refractivity contribution in [1.29, 1.82) is 0 Å². The second kappa shape index (κ2) is 3.94. The molecular formula is C8H17NO. The Kier molecular flexibility index (Phi) is 3.16. The fourth-order valence-corrected chi connectivity index (χ4v) is 1.47. The molecule has 1 rings (SSSR count). The van der Waals surface area contributed by atoms with Crippen LogP contribution in [0.3, 0.4) is 0 Å². The van der Waals surface area contributed by atoms with E-state index in [1.807, 2.05) is 0 Å². The minimum atomic E-state index is 0.456. The lowest BCUT2D eigenvalue weighted by Crippen LogP contribution is -2.37. The van der Waals surface area contributed by atoms with Gasteiger partial charge >= 0.3 is 0 Å². The predicted molar refractivity (Wildman–Crippen MR) is 42.1 cm³/mol. The van der Waals surface area contributed by atoms with Crippen molar-refractivity contribution in [1.82, 2.24) is 5.32 Å². The van der Waals surface area contributed by atoms with Crippen molar-refractivity contribution in [2.24, 2.45) is 0 Å². The highest BCUT2D eigenvalue weighted by atomic mass is 16.5. The third kappa shape index (κ3) is 2.27. The van der Waals surface area contributed by atoms with E-state index in [4.69, 9.17) is 4.74 Å². The molecule has 0 amide bonds. The molecule has 0 radical (unpaired) electrons. The van der Waals surface area contributed by atoms with Gasteiger partial charge in [0.2, 0.25) is 0 Å². The average Bonchev–Trinajstić information content (AvgIpc) is 1.88. The Hall–Kier alpha value is -0.0800. The number of hydrogen-bond donors (Lipinski definition) is 1. The van der Waals surface area contributed by atoms with Crippen LogP contribution in [0.15, 0.2) is 0 Å². The molecule has 2 unspecified atom stereocenters. The van der Waals surface area contributed by atoms with E-state index in [2.05, 4.69) is 19.2 Å². The van der Waals surface area contributed by atoms with Gasteiger partial charge in [-0.1, -0.05) is 6.92 Å². The van der Waals surface area contributed by atoms with E-state index in [9.17, 15) is 0 Å². The Morgan fingerprint density at radius 3 is 3.00 bits per heavy atom. The molecule has 1 fully saturated rings. The fourth-order valence-electron chi connectivity index (χ4n) is 1.47. The van der Waals surface area contributed by atoms with E-state index in [0.717, 1.165) is 13.2 Å². The molecule has 1 aliphatic rings. The summed E-state index contributed by atoms with van der Waals surface area (Å²) in [6.45, 7) is 6.31. The van der Waals surface area contributed by atoms with Crippen molar-refractivity contribution in [3.63, 3.8) is 0 Å². The second-order valence-electron chi connectivity index (χ2n) is 2.96. The molecular weight excluding hydrogens is 126 g/mol. The zero-order chi connectivity index (χ0) is 7.40. The minimum Gasteiger partial charge on any atom is -0.378 e. The smallest absolute Gasteiger partial charge is 0.0561 e. The molecule has 0 aliphatic carbocycles. The normalized spacial score (nSPS) is 34.2. The average molecular weight is 143 g/mol. The van der Waals surface area contributed by atoms with Gasteiger partial charge in [-0.15, -0.1) is 0 Å². The SMILES string of the molecule is CCNC1CCOC(C)C1. The molecule has 1 heterocycles. The van der Waals surface area contributed by atoms with Crippen LogP contribution < -0.4 is 5.32 Å². The van der Waals surface area contributed by atoms with Crippen LogP contribution in [0, 0.1) is 0 Å². The minimum absolute atomic E-state index is 0.456. The Morgan fingerprint density at radius 1 is 1.60 bits per heavy atom. The summed E-state index contributed by atoms with van der Waals surface area (Å²) in [5.74, 6) is 0. The van der Waals surface area contributed by atoms with Gasteiger partial charge in [0.15, 0.2) is 0 Å². The van der Waals surface area contributed by atoms with E-state index < -0.39 is 0 Å². The monoisotopic (exact) mass is 143 g/mol. The van der Waals surface area contributed by atoms with E-state index in [-0.39, 0.29) is 0 Å². The van der Waals surface area contributed by atoms with Crippen molar-refractivity contribution in [2.75, 3.05) is 13.2 Å². The van der Waals surface area contributed by atoms with Crippen LogP contribution in [-0.2, 0) is 4.74 Å². The van der Waals surface area contributed by atoms with E-state index in [1.165, 1.54) is 12.8 Å². The van der Waals surface area contributed by atoms with Gasteiger partial charge in [-0.05, 0) is 26.3 Å². The molecule has 1 aliphatic heterocycles. The lowest BCUT2D eigenvalue weighted by atomic mass is 10.0. The lowest BCUT2D eigenvalue weighted by molar-refractivity contribution is 0.0137.